The molecule has 0 aromatic heterocycles. The van der Waals surface area contributed by atoms with Gasteiger partial charge in [-0.1, -0.05) is 55.8 Å². The van der Waals surface area contributed by atoms with Crippen LogP contribution >= 0.6 is 0 Å². The molecule has 0 saturated carbocycles. The molecule has 1 aliphatic rings. The van der Waals surface area contributed by atoms with Crippen LogP contribution in [-0.2, 0) is 15.1 Å². The van der Waals surface area contributed by atoms with Gasteiger partial charge in [0.2, 0.25) is 5.91 Å². The highest BCUT2D eigenvalue weighted by Gasteiger charge is 2.50. The first-order valence-corrected chi connectivity index (χ1v) is 9.28. The number of rotatable bonds is 6. The molecule has 27 heavy (non-hydrogen) atoms. The lowest BCUT2D eigenvalue weighted by Crippen LogP contribution is -2.45. The van der Waals surface area contributed by atoms with Gasteiger partial charge in [0.1, 0.15) is 12.1 Å². The monoisotopic (exact) mass is 367 g/mol. The number of nitrogens with zero attached hydrogens (tertiary/aromatic N) is 1. The third-order valence-electron chi connectivity index (χ3n) is 5.03. The van der Waals surface area contributed by atoms with Crippen molar-refractivity contribution in [2.45, 2.75) is 45.2 Å². The number of fused-ring (bicyclic) bond motifs is 1. The molecule has 0 unspecified atom stereocenters. The standard InChI is InChI=1S/C21H25N3O3/c1-4-8-14(2)22-18(25)13-24-19(26)21(3,23-20(24)27)17-12-7-10-15-9-5-6-11-16(15)17/h5-7,9-12,14H,4,8,13H2,1-3H3,(H,22,25)(H,23,27)/t14-,21+/m1/s1. The zero-order valence-corrected chi connectivity index (χ0v) is 15.9. The smallest absolute Gasteiger partial charge is 0.325 e. The van der Waals surface area contributed by atoms with E-state index in [1.807, 2.05) is 56.3 Å². The molecule has 0 radical (unpaired) electrons. The Hall–Kier alpha value is -2.89. The van der Waals surface area contributed by atoms with Gasteiger partial charge in [0.25, 0.3) is 5.91 Å². The van der Waals surface area contributed by atoms with Crippen LogP contribution in [0.5, 0.6) is 0 Å². The van der Waals surface area contributed by atoms with Gasteiger partial charge in [0.05, 0.1) is 0 Å². The lowest BCUT2D eigenvalue weighted by molar-refractivity contribution is -0.135. The van der Waals surface area contributed by atoms with Crippen molar-refractivity contribution in [2.75, 3.05) is 6.54 Å². The van der Waals surface area contributed by atoms with E-state index in [1.54, 1.807) is 6.92 Å². The van der Waals surface area contributed by atoms with Crippen LogP contribution in [0.1, 0.15) is 39.2 Å². The summed E-state index contributed by atoms with van der Waals surface area (Å²) in [6, 6.07) is 12.8. The number of urea groups is 1. The van der Waals surface area contributed by atoms with E-state index in [0.717, 1.165) is 34.1 Å². The molecule has 4 amide bonds. The molecule has 0 spiro atoms. The van der Waals surface area contributed by atoms with Crippen LogP contribution in [0.4, 0.5) is 4.79 Å². The Morgan fingerprint density at radius 1 is 1.19 bits per heavy atom. The zero-order valence-electron chi connectivity index (χ0n) is 15.9. The second-order valence-electron chi connectivity index (χ2n) is 7.23. The molecule has 2 N–H and O–H groups in total. The second kappa shape index (κ2) is 7.39. The van der Waals surface area contributed by atoms with Crippen LogP contribution in [-0.4, -0.2) is 35.3 Å². The van der Waals surface area contributed by atoms with E-state index in [-0.39, 0.29) is 18.5 Å². The molecule has 2 aromatic carbocycles. The lowest BCUT2D eigenvalue weighted by Gasteiger charge is -2.24. The molecular weight excluding hydrogens is 342 g/mol. The van der Waals surface area contributed by atoms with Gasteiger partial charge in [0.15, 0.2) is 0 Å². The summed E-state index contributed by atoms with van der Waals surface area (Å²) in [6.07, 6.45) is 1.79. The molecule has 2 atom stereocenters. The van der Waals surface area contributed by atoms with Gasteiger partial charge in [-0.05, 0) is 36.6 Å². The number of amides is 4. The SMILES string of the molecule is CCC[C@@H](C)NC(=O)CN1C(=O)N[C@@](C)(c2cccc3ccccc23)C1=O. The Morgan fingerprint density at radius 2 is 1.89 bits per heavy atom. The fourth-order valence-corrected chi connectivity index (χ4v) is 3.65. The topological polar surface area (TPSA) is 78.5 Å². The van der Waals surface area contributed by atoms with Gasteiger partial charge in [-0.2, -0.15) is 0 Å². The van der Waals surface area contributed by atoms with Gasteiger partial charge in [-0.3, -0.25) is 14.5 Å². The summed E-state index contributed by atoms with van der Waals surface area (Å²) >= 11 is 0. The van der Waals surface area contributed by atoms with E-state index >= 15 is 0 Å². The number of hydrogen-bond donors (Lipinski definition) is 2. The third-order valence-corrected chi connectivity index (χ3v) is 5.03. The molecule has 142 valence electrons. The normalized spacial score (nSPS) is 20.6. The summed E-state index contributed by atoms with van der Waals surface area (Å²) in [5.74, 6) is -0.747. The summed E-state index contributed by atoms with van der Waals surface area (Å²) in [5, 5.41) is 7.50. The predicted molar refractivity (Wildman–Crippen MR) is 104 cm³/mol. The summed E-state index contributed by atoms with van der Waals surface area (Å²) in [6.45, 7) is 5.36. The maximum Gasteiger partial charge on any atom is 0.325 e. The number of nitrogens with one attached hydrogen (secondary N) is 2. The first-order chi connectivity index (χ1) is 12.9. The Labute approximate surface area is 158 Å². The molecule has 0 bridgehead atoms. The molecule has 1 saturated heterocycles. The fraction of sp³-hybridized carbons (Fsp3) is 0.381. The average molecular weight is 367 g/mol. The molecule has 6 nitrogen and oxygen atoms in total. The maximum absolute atomic E-state index is 13.1. The number of carbonyl (C=O) groups excluding carboxylic acids is 3. The largest absolute Gasteiger partial charge is 0.352 e. The van der Waals surface area contributed by atoms with E-state index < -0.39 is 17.5 Å². The fourth-order valence-electron chi connectivity index (χ4n) is 3.65. The first-order valence-electron chi connectivity index (χ1n) is 9.28. The second-order valence-corrected chi connectivity index (χ2v) is 7.23. The molecule has 1 fully saturated rings. The molecule has 1 heterocycles. The highest BCUT2D eigenvalue weighted by Crippen LogP contribution is 2.33. The van der Waals surface area contributed by atoms with E-state index in [2.05, 4.69) is 10.6 Å². The van der Waals surface area contributed by atoms with E-state index in [9.17, 15) is 14.4 Å². The predicted octanol–water partition coefficient (Wildman–Crippen LogP) is 2.91. The minimum atomic E-state index is -1.20. The molecule has 2 aromatic rings. The van der Waals surface area contributed by atoms with Crippen molar-refractivity contribution in [3.8, 4) is 0 Å². The van der Waals surface area contributed by atoms with Gasteiger partial charge in [0, 0.05) is 6.04 Å². The van der Waals surface area contributed by atoms with Crippen LogP contribution in [0.2, 0.25) is 0 Å². The number of carbonyl (C=O) groups is 3. The van der Waals surface area contributed by atoms with E-state index in [4.69, 9.17) is 0 Å². The summed E-state index contributed by atoms with van der Waals surface area (Å²) in [4.78, 5) is 38.8. The maximum atomic E-state index is 13.1. The molecule has 6 heteroatoms. The number of hydrogen-bond acceptors (Lipinski definition) is 3. The van der Waals surface area contributed by atoms with Crippen molar-refractivity contribution in [3.05, 3.63) is 48.0 Å². The first kappa shape index (κ1) is 18.9. The Kier molecular flexibility index (Phi) is 5.17. The van der Waals surface area contributed by atoms with Crippen molar-refractivity contribution in [1.82, 2.24) is 15.5 Å². The van der Waals surface area contributed by atoms with E-state index in [1.165, 1.54) is 0 Å². The summed E-state index contributed by atoms with van der Waals surface area (Å²) < 4.78 is 0. The molecule has 3 rings (SSSR count). The van der Waals surface area contributed by atoms with Gasteiger partial charge in [-0.25, -0.2) is 4.79 Å². The van der Waals surface area contributed by atoms with E-state index in [0.29, 0.717) is 0 Å². The van der Waals surface area contributed by atoms with Crippen LogP contribution in [0.15, 0.2) is 42.5 Å². The van der Waals surface area contributed by atoms with Crippen molar-refractivity contribution < 1.29 is 14.4 Å². The van der Waals surface area contributed by atoms with Crippen LogP contribution in [0.3, 0.4) is 0 Å². The van der Waals surface area contributed by atoms with Crippen molar-refractivity contribution in [1.29, 1.82) is 0 Å². The highest BCUT2D eigenvalue weighted by molar-refractivity contribution is 6.10. The van der Waals surface area contributed by atoms with Crippen LogP contribution in [0.25, 0.3) is 10.8 Å². The molecule has 0 aliphatic carbocycles. The van der Waals surface area contributed by atoms with Crippen molar-refractivity contribution in [3.63, 3.8) is 0 Å². The van der Waals surface area contributed by atoms with Crippen molar-refractivity contribution >= 4 is 28.6 Å². The summed E-state index contributed by atoms with van der Waals surface area (Å²) in [7, 11) is 0. The third kappa shape index (κ3) is 3.52. The molecule has 1 aliphatic heterocycles. The minimum absolute atomic E-state index is 0.00715. The zero-order chi connectivity index (χ0) is 19.6. The van der Waals surface area contributed by atoms with Gasteiger partial charge in [-0.15, -0.1) is 0 Å². The van der Waals surface area contributed by atoms with Crippen molar-refractivity contribution in [2.24, 2.45) is 0 Å². The van der Waals surface area contributed by atoms with Crippen LogP contribution in [0, 0.1) is 0 Å². The lowest BCUT2D eigenvalue weighted by atomic mass is 9.88. The van der Waals surface area contributed by atoms with Crippen LogP contribution < -0.4 is 10.6 Å². The van der Waals surface area contributed by atoms with Gasteiger partial charge >= 0.3 is 6.03 Å². The number of imide groups is 1. The Balaban J connectivity index is 1.85. The molecular formula is C21H25N3O3. The number of benzene rings is 2. The Morgan fingerprint density at radius 3 is 2.63 bits per heavy atom. The van der Waals surface area contributed by atoms with Gasteiger partial charge < -0.3 is 10.6 Å². The average Bonchev–Trinajstić information content (AvgIpc) is 2.85. The summed E-state index contributed by atoms with van der Waals surface area (Å²) in [5.41, 5.74) is -0.478. The Bertz CT molecular complexity index is 890. The minimum Gasteiger partial charge on any atom is -0.352 e. The highest BCUT2D eigenvalue weighted by atomic mass is 16.2. The quantitative estimate of drug-likeness (QED) is 0.771.